The second kappa shape index (κ2) is 5.75. The minimum Gasteiger partial charge on any atom is -0.483 e. The lowest BCUT2D eigenvalue weighted by molar-refractivity contribution is -0.123. The Bertz CT molecular complexity index is 377. The van der Waals surface area contributed by atoms with E-state index >= 15 is 0 Å². The number of rotatable bonds is 4. The Labute approximate surface area is 101 Å². The molecule has 3 nitrogen and oxygen atoms in total. The second-order valence-electron chi connectivity index (χ2n) is 3.92. The number of benzene rings is 1. The summed E-state index contributed by atoms with van der Waals surface area (Å²) in [4.78, 5) is 11.4. The molecule has 0 unspecified atom stereocenters. The normalized spacial score (nSPS) is 10.3. The molecular formula is C12H16ClNO2. The molecular weight excluding hydrogens is 226 g/mol. The maximum absolute atomic E-state index is 11.4. The van der Waals surface area contributed by atoms with Crippen LogP contribution in [0, 0.1) is 6.92 Å². The van der Waals surface area contributed by atoms with Gasteiger partial charge in [0.1, 0.15) is 5.75 Å². The van der Waals surface area contributed by atoms with E-state index in [0.29, 0.717) is 10.8 Å². The average molecular weight is 242 g/mol. The zero-order valence-corrected chi connectivity index (χ0v) is 10.5. The lowest BCUT2D eigenvalue weighted by Crippen LogP contribution is -2.34. The second-order valence-corrected chi connectivity index (χ2v) is 4.36. The van der Waals surface area contributed by atoms with E-state index in [0.717, 1.165) is 5.56 Å². The molecule has 1 amide bonds. The van der Waals surface area contributed by atoms with Gasteiger partial charge in [-0.2, -0.15) is 0 Å². The fourth-order valence-corrected chi connectivity index (χ4v) is 1.40. The monoisotopic (exact) mass is 241 g/mol. The lowest BCUT2D eigenvalue weighted by atomic mass is 10.2. The Morgan fingerprint density at radius 2 is 2.19 bits per heavy atom. The molecule has 0 saturated carbocycles. The number of carbonyl (C=O) groups excluding carboxylic acids is 1. The maximum atomic E-state index is 11.4. The van der Waals surface area contributed by atoms with Gasteiger partial charge in [-0.3, -0.25) is 4.79 Å². The molecule has 0 heterocycles. The van der Waals surface area contributed by atoms with E-state index in [1.165, 1.54) is 0 Å². The number of carbonyl (C=O) groups is 1. The molecule has 16 heavy (non-hydrogen) atoms. The summed E-state index contributed by atoms with van der Waals surface area (Å²) < 4.78 is 5.38. The molecule has 1 rings (SSSR count). The van der Waals surface area contributed by atoms with Crippen molar-refractivity contribution in [2.45, 2.75) is 26.8 Å². The highest BCUT2D eigenvalue weighted by atomic mass is 35.5. The highest BCUT2D eigenvalue weighted by Gasteiger charge is 2.06. The number of ether oxygens (including phenoxy) is 1. The van der Waals surface area contributed by atoms with E-state index in [1.807, 2.05) is 26.8 Å². The smallest absolute Gasteiger partial charge is 0.258 e. The molecule has 0 atom stereocenters. The Morgan fingerprint density at radius 3 is 2.81 bits per heavy atom. The summed E-state index contributed by atoms with van der Waals surface area (Å²) in [7, 11) is 0. The minimum absolute atomic E-state index is 0.0133. The number of amides is 1. The molecule has 0 aliphatic carbocycles. The Balaban J connectivity index is 2.54. The van der Waals surface area contributed by atoms with E-state index in [-0.39, 0.29) is 18.6 Å². The van der Waals surface area contributed by atoms with Gasteiger partial charge in [-0.25, -0.2) is 0 Å². The van der Waals surface area contributed by atoms with Gasteiger partial charge in [0.15, 0.2) is 6.61 Å². The third kappa shape index (κ3) is 4.11. The van der Waals surface area contributed by atoms with Crippen LogP contribution >= 0.6 is 11.6 Å². The largest absolute Gasteiger partial charge is 0.483 e. The first-order valence-corrected chi connectivity index (χ1v) is 5.55. The van der Waals surface area contributed by atoms with Crippen molar-refractivity contribution in [2.75, 3.05) is 6.61 Å². The highest BCUT2D eigenvalue weighted by molar-refractivity contribution is 6.30. The van der Waals surface area contributed by atoms with E-state index < -0.39 is 0 Å². The Hall–Kier alpha value is -1.22. The highest BCUT2D eigenvalue weighted by Crippen LogP contribution is 2.22. The van der Waals surface area contributed by atoms with Gasteiger partial charge < -0.3 is 10.1 Å². The summed E-state index contributed by atoms with van der Waals surface area (Å²) in [5.74, 6) is 0.515. The summed E-state index contributed by atoms with van der Waals surface area (Å²) in [6, 6.07) is 5.48. The number of aryl methyl sites for hydroxylation is 1. The standard InChI is InChI=1S/C12H16ClNO2/c1-8(2)14-12(15)7-16-11-6-10(13)5-4-9(11)3/h4-6,8H,7H2,1-3H3,(H,14,15). The van der Waals surface area contributed by atoms with Crippen molar-refractivity contribution in [1.82, 2.24) is 5.32 Å². The SMILES string of the molecule is Cc1ccc(Cl)cc1OCC(=O)NC(C)C. The summed E-state index contributed by atoms with van der Waals surface area (Å²) >= 11 is 5.84. The number of hydrogen-bond acceptors (Lipinski definition) is 2. The predicted molar refractivity (Wildman–Crippen MR) is 65.0 cm³/mol. The molecule has 0 aliphatic heterocycles. The van der Waals surface area contributed by atoms with Gasteiger partial charge in [-0.15, -0.1) is 0 Å². The molecule has 4 heteroatoms. The predicted octanol–water partition coefficient (Wildman–Crippen LogP) is 2.55. The van der Waals surface area contributed by atoms with Gasteiger partial charge in [0.2, 0.25) is 0 Å². The number of halogens is 1. The third-order valence-electron chi connectivity index (χ3n) is 1.96. The molecule has 0 bridgehead atoms. The zero-order chi connectivity index (χ0) is 12.1. The molecule has 0 aliphatic rings. The molecule has 88 valence electrons. The molecule has 0 aromatic heterocycles. The van der Waals surface area contributed by atoms with Gasteiger partial charge in [-0.1, -0.05) is 17.7 Å². The summed E-state index contributed by atoms with van der Waals surface area (Å²) in [5.41, 5.74) is 0.960. The first kappa shape index (κ1) is 12.8. The fraction of sp³-hybridized carbons (Fsp3) is 0.417. The summed E-state index contributed by atoms with van der Waals surface area (Å²) in [6.45, 7) is 5.73. The molecule has 1 aromatic rings. The van der Waals surface area contributed by atoms with Crippen molar-refractivity contribution < 1.29 is 9.53 Å². The van der Waals surface area contributed by atoms with Crippen molar-refractivity contribution in [2.24, 2.45) is 0 Å². The maximum Gasteiger partial charge on any atom is 0.258 e. The van der Waals surface area contributed by atoms with Gasteiger partial charge in [-0.05, 0) is 38.5 Å². The van der Waals surface area contributed by atoms with Crippen molar-refractivity contribution in [1.29, 1.82) is 0 Å². The molecule has 1 aromatic carbocycles. The lowest BCUT2D eigenvalue weighted by Gasteiger charge is -2.11. The van der Waals surface area contributed by atoms with E-state index in [2.05, 4.69) is 5.32 Å². The summed E-state index contributed by atoms with van der Waals surface area (Å²) in [6.07, 6.45) is 0. The van der Waals surface area contributed by atoms with Crippen LogP contribution in [0.5, 0.6) is 5.75 Å². The van der Waals surface area contributed by atoms with Crippen LogP contribution in [0.25, 0.3) is 0 Å². The molecule has 0 saturated heterocycles. The van der Waals surface area contributed by atoms with Crippen LogP contribution in [0.2, 0.25) is 5.02 Å². The van der Waals surface area contributed by atoms with Crippen LogP contribution < -0.4 is 10.1 Å². The van der Waals surface area contributed by atoms with Gasteiger partial charge in [0.05, 0.1) is 0 Å². The quantitative estimate of drug-likeness (QED) is 0.880. The molecule has 0 spiro atoms. The molecule has 0 fully saturated rings. The van der Waals surface area contributed by atoms with Crippen molar-refractivity contribution in [3.63, 3.8) is 0 Å². The van der Waals surface area contributed by atoms with Gasteiger partial charge >= 0.3 is 0 Å². The van der Waals surface area contributed by atoms with Crippen molar-refractivity contribution >= 4 is 17.5 Å². The van der Waals surface area contributed by atoms with Gasteiger partial charge in [0.25, 0.3) is 5.91 Å². The average Bonchev–Trinajstić information content (AvgIpc) is 2.18. The van der Waals surface area contributed by atoms with E-state index in [4.69, 9.17) is 16.3 Å². The van der Waals surface area contributed by atoms with Crippen LogP contribution in [0.3, 0.4) is 0 Å². The third-order valence-corrected chi connectivity index (χ3v) is 2.19. The molecule has 1 N–H and O–H groups in total. The number of nitrogens with one attached hydrogen (secondary N) is 1. The summed E-state index contributed by atoms with van der Waals surface area (Å²) in [5, 5.41) is 3.35. The zero-order valence-electron chi connectivity index (χ0n) is 9.71. The van der Waals surface area contributed by atoms with Crippen LogP contribution in [-0.2, 0) is 4.79 Å². The van der Waals surface area contributed by atoms with Crippen LogP contribution in [0.15, 0.2) is 18.2 Å². The first-order chi connectivity index (χ1) is 7.49. The van der Waals surface area contributed by atoms with Crippen molar-refractivity contribution in [3.8, 4) is 5.75 Å². The Kier molecular flexibility index (Phi) is 4.62. The van der Waals surface area contributed by atoms with Crippen molar-refractivity contribution in [3.05, 3.63) is 28.8 Å². The molecule has 0 radical (unpaired) electrons. The fourth-order valence-electron chi connectivity index (χ4n) is 1.24. The van der Waals surface area contributed by atoms with Crippen LogP contribution in [0.4, 0.5) is 0 Å². The number of hydrogen-bond donors (Lipinski definition) is 1. The van der Waals surface area contributed by atoms with E-state index in [9.17, 15) is 4.79 Å². The Morgan fingerprint density at radius 1 is 1.50 bits per heavy atom. The van der Waals surface area contributed by atoms with Crippen LogP contribution in [-0.4, -0.2) is 18.6 Å². The van der Waals surface area contributed by atoms with E-state index in [1.54, 1.807) is 12.1 Å². The van der Waals surface area contributed by atoms with Crippen LogP contribution in [0.1, 0.15) is 19.4 Å². The van der Waals surface area contributed by atoms with Gasteiger partial charge in [0, 0.05) is 11.1 Å². The first-order valence-electron chi connectivity index (χ1n) is 5.17. The topological polar surface area (TPSA) is 38.3 Å². The minimum atomic E-state index is -0.130.